The molecule has 0 rings (SSSR count). The molecule has 0 unspecified atom stereocenters. The van der Waals surface area contributed by atoms with Crippen molar-refractivity contribution in [2.75, 3.05) is 6.54 Å². The van der Waals surface area contributed by atoms with Crippen LogP contribution in [0.25, 0.3) is 0 Å². The van der Waals surface area contributed by atoms with Crippen LogP contribution < -0.4 is 5.32 Å². The minimum absolute atomic E-state index is 0.617. The fraction of sp³-hybridized carbons (Fsp3) is 0.154. The molecule has 0 amide bonds. The van der Waals surface area contributed by atoms with Crippen molar-refractivity contribution >= 4 is 6.21 Å². The first-order chi connectivity index (χ1) is 7.24. The van der Waals surface area contributed by atoms with E-state index in [9.17, 15) is 0 Å². The van der Waals surface area contributed by atoms with Gasteiger partial charge >= 0.3 is 0 Å². The molecular weight excluding hydrogens is 184 g/mol. The number of hydrogen-bond acceptors (Lipinski definition) is 2. The second kappa shape index (κ2) is 8.75. The summed E-state index contributed by atoms with van der Waals surface area (Å²) in [5.41, 5.74) is 1.78. The van der Waals surface area contributed by atoms with Crippen LogP contribution in [-0.4, -0.2) is 12.8 Å². The highest BCUT2D eigenvalue weighted by Crippen LogP contribution is 1.95. The zero-order valence-corrected chi connectivity index (χ0v) is 9.24. The Balaban J connectivity index is 4.07. The first-order valence-electron chi connectivity index (χ1n) is 4.76. The summed E-state index contributed by atoms with van der Waals surface area (Å²) in [5.74, 6) is 0. The average molecular weight is 202 g/mol. The fourth-order valence-electron chi connectivity index (χ4n) is 0.837. The Morgan fingerprint density at radius 3 is 2.60 bits per heavy atom. The quantitative estimate of drug-likeness (QED) is 0.498. The molecule has 15 heavy (non-hydrogen) atoms. The number of nitrogens with zero attached hydrogens (tertiary/aromatic N) is 1. The van der Waals surface area contributed by atoms with E-state index >= 15 is 0 Å². The molecule has 0 radical (unpaired) electrons. The van der Waals surface area contributed by atoms with Gasteiger partial charge in [-0.25, -0.2) is 0 Å². The van der Waals surface area contributed by atoms with Gasteiger partial charge in [0.15, 0.2) is 0 Å². The molecule has 0 bridgehead atoms. The predicted molar refractivity (Wildman–Crippen MR) is 68.9 cm³/mol. The van der Waals surface area contributed by atoms with Gasteiger partial charge in [-0.3, -0.25) is 4.99 Å². The summed E-state index contributed by atoms with van der Waals surface area (Å²) >= 11 is 0. The molecule has 0 atom stereocenters. The molecule has 0 aromatic rings. The SMILES string of the molecule is C=C/C=C\C(=C/C)NCC(=C)/N=C\C=C. The van der Waals surface area contributed by atoms with Gasteiger partial charge in [-0.1, -0.05) is 44.0 Å². The van der Waals surface area contributed by atoms with Crippen LogP contribution in [0.2, 0.25) is 0 Å². The predicted octanol–water partition coefficient (Wildman–Crippen LogP) is 2.99. The van der Waals surface area contributed by atoms with E-state index in [1.54, 1.807) is 18.4 Å². The van der Waals surface area contributed by atoms with E-state index in [1.165, 1.54) is 0 Å². The van der Waals surface area contributed by atoms with Gasteiger partial charge in [-0.2, -0.15) is 0 Å². The Morgan fingerprint density at radius 1 is 1.33 bits per heavy atom. The standard InChI is InChI=1S/C13H18N2/c1-5-8-9-13(7-3)15-11-12(4)14-10-6-2/h5-10,15H,1-2,4,11H2,3H3/b9-8-,13-7+,14-10-. The van der Waals surface area contributed by atoms with E-state index in [0.717, 1.165) is 11.4 Å². The highest BCUT2D eigenvalue weighted by Gasteiger charge is 1.91. The molecule has 0 saturated heterocycles. The molecule has 0 saturated carbocycles. The summed E-state index contributed by atoms with van der Waals surface area (Å²) in [4.78, 5) is 4.06. The second-order valence-electron chi connectivity index (χ2n) is 2.77. The van der Waals surface area contributed by atoms with E-state index in [1.807, 2.05) is 25.2 Å². The maximum atomic E-state index is 4.06. The van der Waals surface area contributed by atoms with Crippen LogP contribution in [0.15, 0.2) is 66.5 Å². The van der Waals surface area contributed by atoms with E-state index < -0.39 is 0 Å². The lowest BCUT2D eigenvalue weighted by Crippen LogP contribution is -2.14. The minimum Gasteiger partial charge on any atom is -0.380 e. The molecule has 1 N–H and O–H groups in total. The third kappa shape index (κ3) is 7.26. The van der Waals surface area contributed by atoms with Gasteiger partial charge in [0.25, 0.3) is 0 Å². The second-order valence-corrected chi connectivity index (χ2v) is 2.77. The van der Waals surface area contributed by atoms with Crippen molar-refractivity contribution in [3.8, 4) is 0 Å². The van der Waals surface area contributed by atoms with E-state index in [4.69, 9.17) is 0 Å². The summed E-state index contributed by atoms with van der Waals surface area (Å²) in [6.07, 6.45) is 10.8. The highest BCUT2D eigenvalue weighted by molar-refractivity contribution is 5.71. The van der Waals surface area contributed by atoms with Gasteiger partial charge in [0, 0.05) is 11.9 Å². The van der Waals surface area contributed by atoms with Crippen LogP contribution in [0, 0.1) is 0 Å². The van der Waals surface area contributed by atoms with Gasteiger partial charge < -0.3 is 5.32 Å². The minimum atomic E-state index is 0.617. The molecule has 0 aliphatic heterocycles. The van der Waals surface area contributed by atoms with Crippen molar-refractivity contribution in [2.24, 2.45) is 4.99 Å². The van der Waals surface area contributed by atoms with Crippen LogP contribution in [0.3, 0.4) is 0 Å². The lowest BCUT2D eigenvalue weighted by atomic mass is 10.3. The Labute approximate surface area is 92.1 Å². The lowest BCUT2D eigenvalue weighted by molar-refractivity contribution is 0.887. The van der Waals surface area contributed by atoms with Crippen LogP contribution in [0.4, 0.5) is 0 Å². The topological polar surface area (TPSA) is 24.4 Å². The van der Waals surface area contributed by atoms with Crippen LogP contribution in [0.1, 0.15) is 6.92 Å². The number of hydrogen-bond donors (Lipinski definition) is 1. The summed E-state index contributed by atoms with van der Waals surface area (Å²) in [7, 11) is 0. The van der Waals surface area contributed by atoms with Gasteiger partial charge in [0.2, 0.25) is 0 Å². The maximum Gasteiger partial charge on any atom is 0.0567 e. The summed E-state index contributed by atoms with van der Waals surface area (Å²) in [6, 6.07) is 0. The molecule has 0 fully saturated rings. The smallest absolute Gasteiger partial charge is 0.0567 e. The largest absolute Gasteiger partial charge is 0.380 e. The van der Waals surface area contributed by atoms with Gasteiger partial charge in [0.05, 0.1) is 12.2 Å². The number of allylic oxidation sites excluding steroid dienone is 5. The molecule has 0 aliphatic carbocycles. The number of rotatable bonds is 7. The molecule has 2 nitrogen and oxygen atoms in total. The third-order valence-corrected chi connectivity index (χ3v) is 1.58. The van der Waals surface area contributed by atoms with Gasteiger partial charge in [-0.05, 0) is 13.0 Å². The van der Waals surface area contributed by atoms with E-state index in [2.05, 4.69) is 30.0 Å². The van der Waals surface area contributed by atoms with Crippen LogP contribution >= 0.6 is 0 Å². The molecule has 0 heterocycles. The van der Waals surface area contributed by atoms with Crippen molar-refractivity contribution < 1.29 is 0 Å². The highest BCUT2D eigenvalue weighted by atomic mass is 14.9. The first-order valence-corrected chi connectivity index (χ1v) is 4.76. The Kier molecular flexibility index (Phi) is 7.69. The number of aliphatic imine (C=N–C) groups is 1. The summed E-state index contributed by atoms with van der Waals surface area (Å²) in [6.45, 7) is 13.5. The Morgan fingerprint density at radius 2 is 2.07 bits per heavy atom. The van der Waals surface area contributed by atoms with Gasteiger partial charge in [0.1, 0.15) is 0 Å². The van der Waals surface area contributed by atoms with E-state index in [-0.39, 0.29) is 0 Å². The van der Waals surface area contributed by atoms with E-state index in [0.29, 0.717) is 6.54 Å². The third-order valence-electron chi connectivity index (χ3n) is 1.58. The lowest BCUT2D eigenvalue weighted by Gasteiger charge is -2.05. The van der Waals surface area contributed by atoms with Crippen molar-refractivity contribution in [2.45, 2.75) is 6.92 Å². The molecule has 0 aromatic heterocycles. The van der Waals surface area contributed by atoms with Crippen LogP contribution in [-0.2, 0) is 0 Å². The zero-order chi connectivity index (χ0) is 11.5. The van der Waals surface area contributed by atoms with Crippen molar-refractivity contribution in [1.29, 1.82) is 0 Å². The summed E-state index contributed by atoms with van der Waals surface area (Å²) < 4.78 is 0. The zero-order valence-electron chi connectivity index (χ0n) is 9.24. The molecular formula is C13H18N2. The van der Waals surface area contributed by atoms with Crippen molar-refractivity contribution in [3.63, 3.8) is 0 Å². The molecule has 0 aliphatic rings. The van der Waals surface area contributed by atoms with Gasteiger partial charge in [-0.15, -0.1) is 0 Å². The first kappa shape index (κ1) is 13.2. The normalized spacial score (nSPS) is 11.9. The maximum absolute atomic E-state index is 4.06. The monoisotopic (exact) mass is 202 g/mol. The molecule has 2 heteroatoms. The van der Waals surface area contributed by atoms with Crippen molar-refractivity contribution in [3.05, 3.63) is 61.5 Å². The Bertz CT molecular complexity index is 306. The Hall–Kier alpha value is -1.83. The van der Waals surface area contributed by atoms with Crippen LogP contribution in [0.5, 0.6) is 0 Å². The summed E-state index contributed by atoms with van der Waals surface area (Å²) in [5, 5.41) is 3.19. The number of nitrogens with one attached hydrogen (secondary N) is 1. The van der Waals surface area contributed by atoms with Crippen molar-refractivity contribution in [1.82, 2.24) is 5.32 Å². The molecule has 80 valence electrons. The molecule has 0 spiro atoms. The molecule has 0 aromatic carbocycles. The fourth-order valence-corrected chi connectivity index (χ4v) is 0.837. The average Bonchev–Trinajstić information content (AvgIpc) is 2.26.